The van der Waals surface area contributed by atoms with Crippen molar-refractivity contribution >= 4 is 54.9 Å². The Hall–Kier alpha value is -9.11. The normalized spacial score (nSPS) is 13.5. The summed E-state index contributed by atoms with van der Waals surface area (Å²) in [6.07, 6.45) is 10.5. The summed E-state index contributed by atoms with van der Waals surface area (Å²) in [7, 11) is 0. The topological polar surface area (TPSA) is 56.7 Å². The lowest BCUT2D eigenvalue weighted by Gasteiger charge is -2.12. The van der Waals surface area contributed by atoms with E-state index < -0.39 is 0 Å². The van der Waals surface area contributed by atoms with E-state index in [9.17, 15) is 0 Å². The molecule has 0 bridgehead atoms. The van der Waals surface area contributed by atoms with Gasteiger partial charge in [0.2, 0.25) is 0 Å². The number of fused-ring (bicyclic) bond motifs is 6. The van der Waals surface area contributed by atoms with E-state index in [1.54, 1.807) is 0 Å². The fourth-order valence-corrected chi connectivity index (χ4v) is 9.96. The van der Waals surface area contributed by atoms with Crippen molar-refractivity contribution in [3.63, 3.8) is 0 Å². The van der Waals surface area contributed by atoms with Crippen LogP contribution in [0.2, 0.25) is 0 Å². The summed E-state index contributed by atoms with van der Waals surface area (Å²) in [5.74, 6) is 8.97. The highest BCUT2D eigenvalue weighted by Gasteiger charge is 2.21. The molecule has 3 heterocycles. The van der Waals surface area contributed by atoms with Crippen molar-refractivity contribution in [2.24, 2.45) is 0 Å². The van der Waals surface area contributed by atoms with Crippen LogP contribution in [0.25, 0.3) is 106 Å². The lowest BCUT2D eigenvalue weighted by molar-refractivity contribution is 0.669. The van der Waals surface area contributed by atoms with Gasteiger partial charge in [0.1, 0.15) is 11.2 Å². The molecule has 0 aliphatic heterocycles. The van der Waals surface area contributed by atoms with Crippen molar-refractivity contribution in [3.8, 4) is 62.8 Å². The Morgan fingerprint density at radius 1 is 0.485 bits per heavy atom. The molecule has 5 nitrogen and oxygen atoms in total. The minimum Gasteiger partial charge on any atom is -0.456 e. The predicted molar refractivity (Wildman–Crippen MR) is 279 cm³/mol. The van der Waals surface area contributed by atoms with E-state index in [0.717, 1.165) is 101 Å². The molecule has 13 rings (SSSR count). The Labute approximate surface area is 393 Å². The first-order chi connectivity index (χ1) is 33.7. The lowest BCUT2D eigenvalue weighted by atomic mass is 9.93. The third kappa shape index (κ3) is 6.87. The highest BCUT2D eigenvalue weighted by molar-refractivity contribution is 6.15. The van der Waals surface area contributed by atoms with Gasteiger partial charge in [0.15, 0.2) is 17.5 Å². The molecule has 0 saturated carbocycles. The summed E-state index contributed by atoms with van der Waals surface area (Å²) in [6.45, 7) is 0. The molecule has 5 heteroatoms. The Balaban J connectivity index is 0.908. The SMILES string of the molecule is C1#CC(C2=C(c3cccc(-c4nc(-c5ccccc5)nc(-c5ccccc5)n4)c3)C=CC2)=CC(c2ccc3c(c2)c2cc(-c4cccc5oc6ccccc6c45)ccc2n3-c2ccccc2)=CC1. The third-order valence-corrected chi connectivity index (χ3v) is 13.2. The zero-order chi connectivity index (χ0) is 45.0. The van der Waals surface area contributed by atoms with E-state index in [1.165, 1.54) is 16.3 Å². The van der Waals surface area contributed by atoms with Crippen LogP contribution >= 0.6 is 0 Å². The smallest absolute Gasteiger partial charge is 0.164 e. The van der Waals surface area contributed by atoms with Crippen LogP contribution in [-0.4, -0.2) is 19.5 Å². The van der Waals surface area contributed by atoms with Gasteiger partial charge >= 0.3 is 0 Å². The Bertz CT molecular complexity index is 3950. The highest BCUT2D eigenvalue weighted by atomic mass is 16.3. The summed E-state index contributed by atoms with van der Waals surface area (Å²) in [6, 6.07) is 67.9. The van der Waals surface area contributed by atoms with Gasteiger partial charge in [-0.15, -0.1) is 0 Å². The monoisotopic (exact) mass is 868 g/mol. The van der Waals surface area contributed by atoms with E-state index in [2.05, 4.69) is 162 Å². The van der Waals surface area contributed by atoms with Crippen molar-refractivity contribution in [3.05, 3.63) is 241 Å². The Morgan fingerprint density at radius 3 is 1.84 bits per heavy atom. The van der Waals surface area contributed by atoms with Crippen LogP contribution in [-0.2, 0) is 0 Å². The van der Waals surface area contributed by atoms with Crippen LogP contribution < -0.4 is 0 Å². The molecule has 0 atom stereocenters. The van der Waals surface area contributed by atoms with Crippen LogP contribution in [0.15, 0.2) is 234 Å². The molecule has 3 aromatic heterocycles. The molecule has 2 aliphatic rings. The minimum atomic E-state index is 0.630. The van der Waals surface area contributed by atoms with Crippen LogP contribution in [0.4, 0.5) is 0 Å². The van der Waals surface area contributed by atoms with Crippen molar-refractivity contribution in [1.29, 1.82) is 0 Å². The first kappa shape index (κ1) is 39.3. The third-order valence-electron chi connectivity index (χ3n) is 13.2. The zero-order valence-electron chi connectivity index (χ0n) is 36.9. The maximum Gasteiger partial charge on any atom is 0.164 e. The molecule has 0 radical (unpaired) electrons. The van der Waals surface area contributed by atoms with Gasteiger partial charge in [-0.1, -0.05) is 170 Å². The van der Waals surface area contributed by atoms with E-state index in [4.69, 9.17) is 19.4 Å². The fourth-order valence-electron chi connectivity index (χ4n) is 9.96. The molecule has 0 fully saturated rings. The Morgan fingerprint density at radius 2 is 1.09 bits per heavy atom. The van der Waals surface area contributed by atoms with Gasteiger partial charge < -0.3 is 8.98 Å². The van der Waals surface area contributed by atoms with E-state index >= 15 is 0 Å². The standard InChI is InChI=1S/C63H40N4O/c1-4-17-41(18-5-1)61-64-62(42-19-6-2-7-20-42)66-63(65-61)48-24-14-23-46(38-48)51-29-15-28-50(51)45-22-11-10-21-43(37-45)44-33-35-56-54(39-44)55-40-47(34-36-57(55)67(56)49-25-8-3-9-26-49)52-30-16-32-59-60(52)53-27-12-13-31-58(53)68-59/h1-9,12-21,23-27,29-40H,10,28H2. The number of allylic oxidation sites excluding steroid dienone is 8. The molecule has 11 aromatic rings. The number of rotatable bonds is 8. The van der Waals surface area contributed by atoms with E-state index in [1.807, 2.05) is 72.8 Å². The molecule has 318 valence electrons. The second-order valence-electron chi connectivity index (χ2n) is 17.3. The first-order valence-electron chi connectivity index (χ1n) is 23.0. The molecule has 0 amide bonds. The van der Waals surface area contributed by atoms with Gasteiger partial charge in [-0.25, -0.2) is 15.0 Å². The van der Waals surface area contributed by atoms with Crippen molar-refractivity contribution in [1.82, 2.24) is 19.5 Å². The minimum absolute atomic E-state index is 0.630. The largest absolute Gasteiger partial charge is 0.456 e. The molecule has 0 unspecified atom stereocenters. The second kappa shape index (κ2) is 16.4. The van der Waals surface area contributed by atoms with Gasteiger partial charge in [-0.2, -0.15) is 0 Å². The molecule has 0 saturated heterocycles. The van der Waals surface area contributed by atoms with E-state index in [-0.39, 0.29) is 0 Å². The first-order valence-corrected chi connectivity index (χ1v) is 23.0. The summed E-state index contributed by atoms with van der Waals surface area (Å²) < 4.78 is 8.71. The maximum absolute atomic E-state index is 6.32. The van der Waals surface area contributed by atoms with Gasteiger partial charge in [-0.05, 0) is 106 Å². The highest BCUT2D eigenvalue weighted by Crippen LogP contribution is 2.42. The van der Waals surface area contributed by atoms with Crippen molar-refractivity contribution in [2.45, 2.75) is 12.8 Å². The number of para-hydroxylation sites is 2. The molecule has 68 heavy (non-hydrogen) atoms. The quantitative estimate of drug-likeness (QED) is 0.143. The summed E-state index contributed by atoms with van der Waals surface area (Å²) in [4.78, 5) is 15.0. The van der Waals surface area contributed by atoms with Crippen LogP contribution in [0.1, 0.15) is 24.0 Å². The maximum atomic E-state index is 6.32. The molecular weight excluding hydrogens is 829 g/mol. The van der Waals surface area contributed by atoms with Gasteiger partial charge in [0.05, 0.1) is 11.0 Å². The summed E-state index contributed by atoms with van der Waals surface area (Å²) in [5, 5.41) is 4.64. The zero-order valence-corrected chi connectivity index (χ0v) is 36.9. The van der Waals surface area contributed by atoms with Crippen LogP contribution in [0.3, 0.4) is 0 Å². The number of benzene rings is 8. The number of hydrogen-bond donors (Lipinski definition) is 0. The van der Waals surface area contributed by atoms with Crippen LogP contribution in [0, 0.1) is 11.8 Å². The number of nitrogens with zero attached hydrogens (tertiary/aromatic N) is 4. The fraction of sp³-hybridized carbons (Fsp3) is 0.0317. The summed E-state index contributed by atoms with van der Waals surface area (Å²) in [5.41, 5.74) is 17.1. The molecule has 0 N–H and O–H groups in total. The lowest BCUT2D eigenvalue weighted by Crippen LogP contribution is -2.00. The number of aromatic nitrogens is 4. The van der Waals surface area contributed by atoms with E-state index in [0.29, 0.717) is 23.9 Å². The second-order valence-corrected chi connectivity index (χ2v) is 17.3. The summed E-state index contributed by atoms with van der Waals surface area (Å²) >= 11 is 0. The number of furan rings is 1. The van der Waals surface area contributed by atoms with Crippen molar-refractivity contribution in [2.75, 3.05) is 0 Å². The van der Waals surface area contributed by atoms with Gasteiger partial charge in [0.25, 0.3) is 0 Å². The van der Waals surface area contributed by atoms with Gasteiger partial charge in [0, 0.05) is 55.9 Å². The Kier molecular flexibility index (Phi) is 9.47. The molecule has 2 aliphatic carbocycles. The molecule has 0 spiro atoms. The van der Waals surface area contributed by atoms with Gasteiger partial charge in [-0.3, -0.25) is 0 Å². The predicted octanol–water partition coefficient (Wildman–Crippen LogP) is 15.7. The average Bonchev–Trinajstić information content (AvgIpc) is 4.08. The van der Waals surface area contributed by atoms with Crippen molar-refractivity contribution < 1.29 is 4.42 Å². The average molecular weight is 869 g/mol. The molecular formula is C63H40N4O. The molecule has 8 aromatic carbocycles. The number of hydrogen-bond acceptors (Lipinski definition) is 4. The van der Waals surface area contributed by atoms with Crippen LogP contribution in [0.5, 0.6) is 0 Å².